The Bertz CT molecular complexity index is 910. The first-order valence-corrected chi connectivity index (χ1v) is 9.81. The molecule has 0 atom stereocenters. The van der Waals surface area contributed by atoms with Crippen LogP contribution in [0.2, 0.25) is 0 Å². The lowest BCUT2D eigenvalue weighted by atomic mass is 10.0. The van der Waals surface area contributed by atoms with E-state index in [1.165, 1.54) is 12.1 Å². The van der Waals surface area contributed by atoms with E-state index in [0.29, 0.717) is 5.75 Å². The molecule has 5 nitrogen and oxygen atoms in total. The van der Waals surface area contributed by atoms with Gasteiger partial charge in [0.05, 0.1) is 4.90 Å². The second kappa shape index (κ2) is 8.47. The molecule has 0 aromatic heterocycles. The van der Waals surface area contributed by atoms with Gasteiger partial charge in [-0.15, -0.1) is 0 Å². The maximum Gasteiger partial charge on any atom is 0.341 e. The van der Waals surface area contributed by atoms with Crippen molar-refractivity contribution < 1.29 is 26.7 Å². The number of nitrogens with one attached hydrogen (secondary N) is 1. The summed E-state index contributed by atoms with van der Waals surface area (Å²) in [5.74, 6) is -3.09. The summed E-state index contributed by atoms with van der Waals surface area (Å²) in [5, 5.41) is 2.54. The van der Waals surface area contributed by atoms with Crippen molar-refractivity contribution in [2.75, 3.05) is 11.9 Å². The fourth-order valence-electron chi connectivity index (χ4n) is 2.41. The summed E-state index contributed by atoms with van der Waals surface area (Å²) >= 11 is 0. The summed E-state index contributed by atoms with van der Waals surface area (Å²) in [6.45, 7) is 5.73. The molecule has 0 aliphatic rings. The van der Waals surface area contributed by atoms with Gasteiger partial charge in [0.1, 0.15) is 5.75 Å². The van der Waals surface area contributed by atoms with Gasteiger partial charge in [0.2, 0.25) is 9.84 Å². The Hall–Kier alpha value is -2.48. The number of ether oxygens (including phenoxy) is 1. The van der Waals surface area contributed by atoms with Crippen LogP contribution in [0, 0.1) is 6.92 Å². The second-order valence-corrected chi connectivity index (χ2v) is 8.28. The van der Waals surface area contributed by atoms with Crippen LogP contribution in [0.4, 0.5) is 14.5 Å². The number of anilines is 1. The van der Waals surface area contributed by atoms with Gasteiger partial charge in [0.15, 0.2) is 6.61 Å². The molecule has 2 aromatic rings. The van der Waals surface area contributed by atoms with E-state index >= 15 is 0 Å². The van der Waals surface area contributed by atoms with Crippen LogP contribution < -0.4 is 10.1 Å². The number of benzene rings is 2. The van der Waals surface area contributed by atoms with E-state index in [9.17, 15) is 22.0 Å². The van der Waals surface area contributed by atoms with Crippen LogP contribution in [0.15, 0.2) is 47.4 Å². The molecule has 2 aromatic carbocycles. The molecule has 0 bridgehead atoms. The summed E-state index contributed by atoms with van der Waals surface area (Å²) in [4.78, 5) is 11.6. The number of halogens is 2. The molecule has 0 aliphatic carbocycles. The Balaban J connectivity index is 2.02. The highest BCUT2D eigenvalue weighted by Crippen LogP contribution is 2.27. The average Bonchev–Trinajstić information content (AvgIpc) is 2.60. The minimum Gasteiger partial charge on any atom is -0.483 e. The van der Waals surface area contributed by atoms with Gasteiger partial charge in [-0.3, -0.25) is 4.79 Å². The number of rotatable bonds is 7. The quantitative estimate of drug-likeness (QED) is 0.762. The molecule has 1 amide bonds. The van der Waals surface area contributed by atoms with Crippen LogP contribution in [0.5, 0.6) is 5.75 Å². The second-order valence-electron chi connectivity index (χ2n) is 6.36. The SMILES string of the molecule is Cc1ccc(C(C)C)c(OCC(=O)Nc2ccc(S(=O)(=O)C(F)F)cc2)c1. The van der Waals surface area contributed by atoms with Crippen molar-refractivity contribution in [1.29, 1.82) is 0 Å². The number of alkyl halides is 2. The number of carbonyl (C=O) groups excluding carboxylic acids is 1. The molecule has 0 fully saturated rings. The van der Waals surface area contributed by atoms with Gasteiger partial charge in [0.25, 0.3) is 5.91 Å². The zero-order valence-corrected chi connectivity index (χ0v) is 16.0. The summed E-state index contributed by atoms with van der Waals surface area (Å²) in [6.07, 6.45) is 0. The summed E-state index contributed by atoms with van der Waals surface area (Å²) in [7, 11) is -4.66. The third kappa shape index (κ3) is 5.26. The summed E-state index contributed by atoms with van der Waals surface area (Å²) < 4.78 is 53.4. The van der Waals surface area contributed by atoms with E-state index in [-0.39, 0.29) is 18.2 Å². The number of hydrogen-bond donors (Lipinski definition) is 1. The van der Waals surface area contributed by atoms with Crippen molar-refractivity contribution in [1.82, 2.24) is 0 Å². The molecular weight excluding hydrogens is 376 g/mol. The van der Waals surface area contributed by atoms with Crippen molar-refractivity contribution in [3.8, 4) is 5.75 Å². The Morgan fingerprint density at radius 1 is 1.11 bits per heavy atom. The summed E-state index contributed by atoms with van der Waals surface area (Å²) in [6, 6.07) is 10.3. The van der Waals surface area contributed by atoms with Gasteiger partial charge in [-0.1, -0.05) is 26.0 Å². The lowest BCUT2D eigenvalue weighted by Crippen LogP contribution is -2.20. The number of hydrogen-bond acceptors (Lipinski definition) is 4. The van der Waals surface area contributed by atoms with E-state index in [1.807, 2.05) is 39.0 Å². The molecule has 1 N–H and O–H groups in total. The van der Waals surface area contributed by atoms with E-state index in [2.05, 4.69) is 5.32 Å². The molecule has 0 unspecified atom stereocenters. The summed E-state index contributed by atoms with van der Waals surface area (Å²) in [5.41, 5.74) is 2.27. The van der Waals surface area contributed by atoms with Crippen molar-refractivity contribution in [3.05, 3.63) is 53.6 Å². The number of sulfone groups is 1. The lowest BCUT2D eigenvalue weighted by Gasteiger charge is -2.15. The van der Waals surface area contributed by atoms with Crippen LogP contribution in [-0.2, 0) is 14.6 Å². The topological polar surface area (TPSA) is 72.5 Å². The van der Waals surface area contributed by atoms with Crippen LogP contribution in [0.1, 0.15) is 30.9 Å². The fourth-order valence-corrected chi connectivity index (χ4v) is 3.14. The molecule has 27 heavy (non-hydrogen) atoms. The predicted molar refractivity (Wildman–Crippen MR) is 99.0 cm³/mol. The highest BCUT2D eigenvalue weighted by Gasteiger charge is 2.26. The molecule has 8 heteroatoms. The van der Waals surface area contributed by atoms with Crippen LogP contribution in [0.3, 0.4) is 0 Å². The van der Waals surface area contributed by atoms with Crippen molar-refractivity contribution >= 4 is 21.4 Å². The van der Waals surface area contributed by atoms with Gasteiger partial charge in [-0.2, -0.15) is 8.78 Å². The zero-order valence-electron chi connectivity index (χ0n) is 15.2. The van der Waals surface area contributed by atoms with E-state index in [4.69, 9.17) is 4.74 Å². The average molecular weight is 397 g/mol. The largest absolute Gasteiger partial charge is 0.483 e. The maximum absolute atomic E-state index is 12.5. The van der Waals surface area contributed by atoms with Crippen molar-refractivity contribution in [3.63, 3.8) is 0 Å². The van der Waals surface area contributed by atoms with Crippen LogP contribution >= 0.6 is 0 Å². The van der Waals surface area contributed by atoms with E-state index in [1.54, 1.807) is 0 Å². The Kier molecular flexibility index (Phi) is 6.54. The number of carbonyl (C=O) groups is 1. The normalized spacial score (nSPS) is 11.7. The van der Waals surface area contributed by atoms with Crippen LogP contribution in [0.25, 0.3) is 0 Å². The first-order chi connectivity index (χ1) is 12.6. The van der Waals surface area contributed by atoms with Crippen molar-refractivity contribution in [2.45, 2.75) is 37.3 Å². The molecule has 0 heterocycles. The zero-order chi connectivity index (χ0) is 20.2. The third-order valence-corrected chi connectivity index (χ3v) is 5.25. The maximum atomic E-state index is 12.5. The molecular formula is C19H21F2NO4S. The third-order valence-electron chi connectivity index (χ3n) is 3.85. The Labute approximate surface area is 157 Å². The smallest absolute Gasteiger partial charge is 0.341 e. The molecule has 0 aliphatic heterocycles. The predicted octanol–water partition coefficient (Wildman–Crippen LogP) is 4.13. The van der Waals surface area contributed by atoms with E-state index < -0.39 is 26.4 Å². The monoisotopic (exact) mass is 397 g/mol. The Morgan fingerprint density at radius 3 is 2.30 bits per heavy atom. The molecule has 2 rings (SSSR count). The fraction of sp³-hybridized carbons (Fsp3) is 0.316. The Morgan fingerprint density at radius 2 is 1.74 bits per heavy atom. The first-order valence-electron chi connectivity index (χ1n) is 8.26. The lowest BCUT2D eigenvalue weighted by molar-refractivity contribution is -0.118. The highest BCUT2D eigenvalue weighted by molar-refractivity contribution is 7.91. The molecule has 0 saturated heterocycles. The minimum atomic E-state index is -4.66. The van der Waals surface area contributed by atoms with Gasteiger partial charge in [0, 0.05) is 5.69 Å². The van der Waals surface area contributed by atoms with Gasteiger partial charge in [-0.05, 0) is 54.3 Å². The minimum absolute atomic E-state index is 0.230. The number of amides is 1. The molecule has 146 valence electrons. The van der Waals surface area contributed by atoms with Gasteiger partial charge >= 0.3 is 5.76 Å². The molecule has 0 saturated carbocycles. The molecule has 0 radical (unpaired) electrons. The molecule has 0 spiro atoms. The first kappa shape index (κ1) is 20.8. The standard InChI is InChI=1S/C19H21F2NO4S/c1-12(2)16-9-4-13(3)10-17(16)26-11-18(23)22-14-5-7-15(8-6-14)27(24,25)19(20)21/h4-10,12,19H,11H2,1-3H3,(H,22,23). The van der Waals surface area contributed by atoms with Gasteiger partial charge in [-0.25, -0.2) is 8.42 Å². The van der Waals surface area contributed by atoms with Crippen molar-refractivity contribution in [2.24, 2.45) is 0 Å². The number of aryl methyl sites for hydroxylation is 1. The highest BCUT2D eigenvalue weighted by atomic mass is 32.2. The van der Waals surface area contributed by atoms with Crippen LogP contribution in [-0.4, -0.2) is 26.7 Å². The van der Waals surface area contributed by atoms with E-state index in [0.717, 1.165) is 23.3 Å². The van der Waals surface area contributed by atoms with Gasteiger partial charge < -0.3 is 10.1 Å².